The van der Waals surface area contributed by atoms with Crippen molar-refractivity contribution in [3.8, 4) is 0 Å². The van der Waals surface area contributed by atoms with E-state index in [9.17, 15) is 4.79 Å². The van der Waals surface area contributed by atoms with E-state index in [0.29, 0.717) is 25.5 Å². The molecule has 0 unspecified atom stereocenters. The topological polar surface area (TPSA) is 26.3 Å². The van der Waals surface area contributed by atoms with Gasteiger partial charge >= 0.3 is 0 Å². The number of ether oxygens (including phenoxy) is 1. The lowest BCUT2D eigenvalue weighted by molar-refractivity contribution is 0.0989. The molecule has 1 aromatic carbocycles. The van der Waals surface area contributed by atoms with Crippen LogP contribution in [0.15, 0.2) is 18.2 Å². The van der Waals surface area contributed by atoms with E-state index >= 15 is 0 Å². The van der Waals surface area contributed by atoms with Crippen LogP contribution in [-0.4, -0.2) is 11.7 Å². The van der Waals surface area contributed by atoms with Gasteiger partial charge in [-0.2, -0.15) is 0 Å². The molecule has 3 heteroatoms. The third kappa shape index (κ3) is 1.81. The molecular weight excluding hydrogens is 200 g/mol. The molecule has 74 valence electrons. The molecule has 0 saturated carbocycles. The predicted molar refractivity (Wildman–Crippen MR) is 54.6 cm³/mol. The van der Waals surface area contributed by atoms with Gasteiger partial charge in [0.05, 0.1) is 13.2 Å². The minimum absolute atomic E-state index is 0.106. The van der Waals surface area contributed by atoms with E-state index in [1.807, 2.05) is 18.2 Å². The molecule has 2 rings (SSSR count). The molecule has 0 bridgehead atoms. The van der Waals surface area contributed by atoms with Crippen LogP contribution in [0.25, 0.3) is 0 Å². The number of Topliss-reactive ketones (excluding diaryl/α,β-unsaturated/α-hetero) is 1. The number of halogens is 1. The minimum atomic E-state index is 0.106. The summed E-state index contributed by atoms with van der Waals surface area (Å²) in [5, 5.41) is 0. The van der Waals surface area contributed by atoms with Gasteiger partial charge in [0.15, 0.2) is 5.78 Å². The van der Waals surface area contributed by atoms with Crippen molar-refractivity contribution in [3.63, 3.8) is 0 Å². The first-order chi connectivity index (χ1) is 6.81. The van der Waals surface area contributed by atoms with E-state index in [2.05, 4.69) is 0 Å². The second-order valence-electron chi connectivity index (χ2n) is 3.34. The number of benzene rings is 1. The number of carbonyl (C=O) groups excluding carboxylic acids is 1. The first kappa shape index (κ1) is 9.69. The number of hydrogen-bond donors (Lipinski definition) is 0. The lowest BCUT2D eigenvalue weighted by atomic mass is 10.0. The van der Waals surface area contributed by atoms with E-state index in [0.717, 1.165) is 11.1 Å². The van der Waals surface area contributed by atoms with E-state index < -0.39 is 0 Å². The molecule has 0 radical (unpaired) electrons. The van der Waals surface area contributed by atoms with E-state index in [1.165, 1.54) is 5.56 Å². The van der Waals surface area contributed by atoms with Crippen LogP contribution in [0.4, 0.5) is 0 Å². The second-order valence-corrected chi connectivity index (χ2v) is 3.72. The summed E-state index contributed by atoms with van der Waals surface area (Å²) in [6.45, 7) is 1.29. The molecule has 14 heavy (non-hydrogen) atoms. The fourth-order valence-corrected chi connectivity index (χ4v) is 1.75. The summed E-state index contributed by atoms with van der Waals surface area (Å²) in [6, 6.07) is 5.73. The van der Waals surface area contributed by atoms with Crippen molar-refractivity contribution in [2.45, 2.75) is 19.6 Å². The van der Waals surface area contributed by atoms with Crippen LogP contribution in [0, 0.1) is 0 Å². The molecule has 2 nitrogen and oxygen atoms in total. The van der Waals surface area contributed by atoms with Crippen LogP contribution < -0.4 is 0 Å². The van der Waals surface area contributed by atoms with Gasteiger partial charge in [-0.25, -0.2) is 0 Å². The Morgan fingerprint density at radius 3 is 2.93 bits per heavy atom. The largest absolute Gasteiger partial charge is 0.372 e. The second kappa shape index (κ2) is 4.11. The molecule has 0 N–H and O–H groups in total. The molecule has 0 spiro atoms. The zero-order chi connectivity index (χ0) is 9.97. The normalized spacial score (nSPS) is 14.1. The van der Waals surface area contributed by atoms with Gasteiger partial charge in [0, 0.05) is 17.9 Å². The van der Waals surface area contributed by atoms with E-state index in [-0.39, 0.29) is 5.78 Å². The Morgan fingerprint density at radius 2 is 2.14 bits per heavy atom. The maximum absolute atomic E-state index is 11.5. The number of carbonyl (C=O) groups is 1. The third-order valence-corrected chi connectivity index (χ3v) is 2.55. The fraction of sp³-hybridized carbons (Fsp3) is 0.364. The Labute approximate surface area is 87.8 Å². The number of hydrogen-bond acceptors (Lipinski definition) is 2. The maximum atomic E-state index is 11.5. The molecule has 0 saturated heterocycles. The van der Waals surface area contributed by atoms with Crippen molar-refractivity contribution < 1.29 is 9.53 Å². The van der Waals surface area contributed by atoms with Crippen LogP contribution >= 0.6 is 11.6 Å². The quantitative estimate of drug-likeness (QED) is 0.566. The van der Waals surface area contributed by atoms with Crippen molar-refractivity contribution >= 4 is 17.4 Å². The zero-order valence-electron chi connectivity index (χ0n) is 7.75. The molecule has 0 fully saturated rings. The van der Waals surface area contributed by atoms with Crippen LogP contribution in [0.3, 0.4) is 0 Å². The lowest BCUT2D eigenvalue weighted by Gasteiger charge is -2.01. The summed E-state index contributed by atoms with van der Waals surface area (Å²) in [6.07, 6.45) is 0.404. The monoisotopic (exact) mass is 210 g/mol. The number of alkyl halides is 1. The van der Waals surface area contributed by atoms with E-state index in [4.69, 9.17) is 16.3 Å². The van der Waals surface area contributed by atoms with Crippen molar-refractivity contribution in [2.24, 2.45) is 0 Å². The Kier molecular flexibility index (Phi) is 2.85. The lowest BCUT2D eigenvalue weighted by Crippen LogP contribution is -2.00. The van der Waals surface area contributed by atoms with Gasteiger partial charge in [0.2, 0.25) is 0 Å². The average molecular weight is 211 g/mol. The highest BCUT2D eigenvalue weighted by Gasteiger charge is 2.13. The van der Waals surface area contributed by atoms with Gasteiger partial charge in [-0.1, -0.05) is 12.1 Å². The summed E-state index contributed by atoms with van der Waals surface area (Å²) in [7, 11) is 0. The molecule has 1 aliphatic heterocycles. The van der Waals surface area contributed by atoms with Gasteiger partial charge in [-0.15, -0.1) is 11.6 Å². The summed E-state index contributed by atoms with van der Waals surface area (Å²) in [5.74, 6) is 0.488. The SMILES string of the molecule is O=C(CCCl)c1ccc2c(c1)COC2. The average Bonchev–Trinajstić information content (AvgIpc) is 2.64. The maximum Gasteiger partial charge on any atom is 0.164 e. The molecule has 0 amide bonds. The molecular formula is C11H11ClO2. The first-order valence-corrected chi connectivity index (χ1v) is 5.13. The van der Waals surface area contributed by atoms with Crippen LogP contribution in [-0.2, 0) is 18.0 Å². The van der Waals surface area contributed by atoms with Gasteiger partial charge in [0.25, 0.3) is 0 Å². The van der Waals surface area contributed by atoms with Gasteiger partial charge in [-0.05, 0) is 17.2 Å². The number of fused-ring (bicyclic) bond motifs is 1. The highest BCUT2D eigenvalue weighted by Crippen LogP contribution is 2.21. The zero-order valence-corrected chi connectivity index (χ0v) is 8.51. The van der Waals surface area contributed by atoms with Gasteiger partial charge < -0.3 is 4.74 Å². The molecule has 0 atom stereocenters. The molecule has 1 aliphatic rings. The highest BCUT2D eigenvalue weighted by atomic mass is 35.5. The highest BCUT2D eigenvalue weighted by molar-refractivity contribution is 6.19. The Balaban J connectivity index is 2.24. The molecule has 0 aliphatic carbocycles. The summed E-state index contributed by atoms with van der Waals surface area (Å²) >= 11 is 5.52. The minimum Gasteiger partial charge on any atom is -0.372 e. The summed E-state index contributed by atoms with van der Waals surface area (Å²) in [5.41, 5.74) is 3.06. The summed E-state index contributed by atoms with van der Waals surface area (Å²) < 4.78 is 5.27. The Morgan fingerprint density at radius 1 is 1.36 bits per heavy atom. The first-order valence-electron chi connectivity index (χ1n) is 4.60. The third-order valence-electron chi connectivity index (χ3n) is 2.36. The van der Waals surface area contributed by atoms with Crippen LogP contribution in [0.5, 0.6) is 0 Å². The Hall–Kier alpha value is -0.860. The summed E-state index contributed by atoms with van der Waals surface area (Å²) in [4.78, 5) is 11.5. The van der Waals surface area contributed by atoms with Crippen molar-refractivity contribution in [2.75, 3.05) is 5.88 Å². The molecule has 0 aromatic heterocycles. The van der Waals surface area contributed by atoms with Gasteiger partial charge in [-0.3, -0.25) is 4.79 Å². The number of ketones is 1. The van der Waals surface area contributed by atoms with Crippen molar-refractivity contribution in [3.05, 3.63) is 34.9 Å². The van der Waals surface area contributed by atoms with Crippen LogP contribution in [0.2, 0.25) is 0 Å². The van der Waals surface area contributed by atoms with Crippen molar-refractivity contribution in [1.29, 1.82) is 0 Å². The number of rotatable bonds is 3. The predicted octanol–water partition coefficient (Wildman–Crippen LogP) is 2.53. The van der Waals surface area contributed by atoms with Gasteiger partial charge in [0.1, 0.15) is 0 Å². The van der Waals surface area contributed by atoms with E-state index in [1.54, 1.807) is 0 Å². The smallest absolute Gasteiger partial charge is 0.164 e. The molecule has 1 heterocycles. The fourth-order valence-electron chi connectivity index (χ4n) is 1.58. The Bertz CT molecular complexity index is 360. The standard InChI is InChI=1S/C11H11ClO2/c12-4-3-11(13)8-1-2-9-6-14-7-10(9)5-8/h1-2,5H,3-4,6-7H2. The molecule has 1 aromatic rings. The van der Waals surface area contributed by atoms with Crippen LogP contribution in [0.1, 0.15) is 27.9 Å². The van der Waals surface area contributed by atoms with Crippen molar-refractivity contribution in [1.82, 2.24) is 0 Å².